The number of carbonyl (C=O) groups is 1. The van der Waals surface area contributed by atoms with Crippen molar-refractivity contribution in [1.82, 2.24) is 19.9 Å². The predicted octanol–water partition coefficient (Wildman–Crippen LogP) is 1.30. The number of fused-ring (bicyclic) bond motifs is 1. The van der Waals surface area contributed by atoms with E-state index in [1.54, 1.807) is 6.33 Å². The summed E-state index contributed by atoms with van der Waals surface area (Å²) in [7, 11) is 2.04. The Morgan fingerprint density at radius 2 is 2.39 bits per heavy atom. The van der Waals surface area contributed by atoms with Gasteiger partial charge in [-0.15, -0.1) is 0 Å². The molecule has 1 aliphatic carbocycles. The molecule has 1 N–H and O–H groups in total. The molecule has 2 aromatic rings. The summed E-state index contributed by atoms with van der Waals surface area (Å²) in [5.41, 5.74) is 0.982. The topological polar surface area (TPSA) is 88.9 Å². The minimum absolute atomic E-state index is 0.0396. The summed E-state index contributed by atoms with van der Waals surface area (Å²) in [5.74, 6) is 0.825. The zero-order valence-corrected chi connectivity index (χ0v) is 13.0. The van der Waals surface area contributed by atoms with Gasteiger partial charge < -0.3 is 14.8 Å². The van der Waals surface area contributed by atoms with Crippen molar-refractivity contribution >= 4 is 22.8 Å². The SMILES string of the molecule is CN(c1ncnc2[nH]ccc12)C1CN(C(=O)CC#N)CC12CC2. The molecule has 1 saturated heterocycles. The van der Waals surface area contributed by atoms with Crippen LogP contribution < -0.4 is 4.90 Å². The summed E-state index contributed by atoms with van der Waals surface area (Å²) in [6.07, 6.45) is 5.64. The molecule has 1 saturated carbocycles. The Labute approximate surface area is 133 Å². The van der Waals surface area contributed by atoms with Crippen molar-refractivity contribution < 1.29 is 4.79 Å². The lowest BCUT2D eigenvalue weighted by Gasteiger charge is -2.30. The molecule has 2 aromatic heterocycles. The number of hydrogen-bond donors (Lipinski definition) is 1. The highest BCUT2D eigenvalue weighted by Gasteiger charge is 2.57. The van der Waals surface area contributed by atoms with E-state index in [0.29, 0.717) is 6.54 Å². The molecule has 7 nitrogen and oxygen atoms in total. The molecule has 1 atom stereocenters. The van der Waals surface area contributed by atoms with E-state index in [-0.39, 0.29) is 23.8 Å². The number of anilines is 1. The molecule has 2 aliphatic rings. The largest absolute Gasteiger partial charge is 0.354 e. The molecule has 0 bridgehead atoms. The van der Waals surface area contributed by atoms with Crippen LogP contribution >= 0.6 is 0 Å². The molecular weight excluding hydrogens is 292 g/mol. The normalized spacial score (nSPS) is 21.6. The zero-order chi connectivity index (χ0) is 16.0. The van der Waals surface area contributed by atoms with Gasteiger partial charge in [-0.1, -0.05) is 0 Å². The number of nitrogens with one attached hydrogen (secondary N) is 1. The van der Waals surface area contributed by atoms with Gasteiger partial charge in [0, 0.05) is 31.7 Å². The number of nitrogens with zero attached hydrogens (tertiary/aromatic N) is 5. The second-order valence-electron chi connectivity index (χ2n) is 6.54. The van der Waals surface area contributed by atoms with E-state index in [1.807, 2.05) is 30.3 Å². The predicted molar refractivity (Wildman–Crippen MR) is 84.6 cm³/mol. The van der Waals surface area contributed by atoms with Crippen LogP contribution in [0.25, 0.3) is 11.0 Å². The number of carbonyl (C=O) groups excluding carboxylic acids is 1. The van der Waals surface area contributed by atoms with Crippen LogP contribution in [-0.2, 0) is 4.79 Å². The number of hydrogen-bond acceptors (Lipinski definition) is 5. The van der Waals surface area contributed by atoms with Crippen molar-refractivity contribution in [3.05, 3.63) is 18.6 Å². The van der Waals surface area contributed by atoms with Crippen molar-refractivity contribution in [1.29, 1.82) is 5.26 Å². The van der Waals surface area contributed by atoms with E-state index in [0.717, 1.165) is 36.2 Å². The van der Waals surface area contributed by atoms with Gasteiger partial charge in [-0.25, -0.2) is 9.97 Å². The minimum Gasteiger partial charge on any atom is -0.354 e. The molecule has 23 heavy (non-hydrogen) atoms. The van der Waals surface area contributed by atoms with Crippen LogP contribution in [0.1, 0.15) is 19.3 Å². The molecule has 2 fully saturated rings. The maximum absolute atomic E-state index is 12.1. The maximum atomic E-state index is 12.1. The van der Waals surface area contributed by atoms with E-state index >= 15 is 0 Å². The van der Waals surface area contributed by atoms with Crippen molar-refractivity contribution in [2.75, 3.05) is 25.0 Å². The maximum Gasteiger partial charge on any atom is 0.236 e. The number of aromatic nitrogens is 3. The van der Waals surface area contributed by atoms with E-state index < -0.39 is 0 Å². The molecule has 1 amide bonds. The van der Waals surface area contributed by atoms with Gasteiger partial charge in [0.15, 0.2) is 0 Å². The van der Waals surface area contributed by atoms with Gasteiger partial charge in [0.25, 0.3) is 0 Å². The van der Waals surface area contributed by atoms with Crippen LogP contribution in [0.2, 0.25) is 0 Å². The molecule has 1 aliphatic heterocycles. The zero-order valence-electron chi connectivity index (χ0n) is 13.0. The van der Waals surface area contributed by atoms with Crippen LogP contribution in [0.15, 0.2) is 18.6 Å². The summed E-state index contributed by atoms with van der Waals surface area (Å²) in [5, 5.41) is 9.76. The highest BCUT2D eigenvalue weighted by Crippen LogP contribution is 2.55. The third-order valence-corrected chi connectivity index (χ3v) is 5.22. The van der Waals surface area contributed by atoms with E-state index in [2.05, 4.69) is 19.9 Å². The summed E-state index contributed by atoms with van der Waals surface area (Å²) < 4.78 is 0. The van der Waals surface area contributed by atoms with Crippen LogP contribution in [0.4, 0.5) is 5.82 Å². The van der Waals surface area contributed by atoms with Crippen molar-refractivity contribution in [3.8, 4) is 6.07 Å². The monoisotopic (exact) mass is 310 g/mol. The second kappa shape index (κ2) is 4.95. The molecule has 4 rings (SSSR count). The third-order valence-electron chi connectivity index (χ3n) is 5.22. The van der Waals surface area contributed by atoms with Crippen LogP contribution in [0.5, 0.6) is 0 Å². The Hall–Kier alpha value is -2.62. The average Bonchev–Trinajstić information content (AvgIpc) is 2.99. The van der Waals surface area contributed by atoms with Crippen molar-refractivity contribution in [3.63, 3.8) is 0 Å². The quantitative estimate of drug-likeness (QED) is 0.923. The van der Waals surface area contributed by atoms with Crippen LogP contribution in [0, 0.1) is 16.7 Å². The smallest absolute Gasteiger partial charge is 0.236 e. The van der Waals surface area contributed by atoms with E-state index in [9.17, 15) is 4.79 Å². The van der Waals surface area contributed by atoms with Crippen molar-refractivity contribution in [2.24, 2.45) is 5.41 Å². The molecule has 118 valence electrons. The standard InChI is InChI=1S/C16H18N6O/c1-21(15-11-3-7-18-14(11)19-10-20-15)12-8-22(13(23)2-6-17)9-16(12)4-5-16/h3,7,10,12H,2,4-5,8-9H2,1H3,(H,18,19,20). The summed E-state index contributed by atoms with van der Waals surface area (Å²) in [4.78, 5) is 27.9. The summed E-state index contributed by atoms with van der Waals surface area (Å²) in [6, 6.07) is 4.17. The first-order valence-corrected chi connectivity index (χ1v) is 7.80. The number of likely N-dealkylation sites (N-methyl/N-ethyl adjacent to an activating group) is 1. The second-order valence-corrected chi connectivity index (χ2v) is 6.54. The molecule has 3 heterocycles. The molecule has 0 radical (unpaired) electrons. The molecule has 1 unspecified atom stereocenters. The Morgan fingerprint density at radius 3 is 3.13 bits per heavy atom. The third kappa shape index (κ3) is 2.13. The number of H-pyrrole nitrogens is 1. The Bertz CT molecular complexity index is 802. The lowest BCUT2D eigenvalue weighted by molar-refractivity contribution is -0.129. The Morgan fingerprint density at radius 1 is 1.57 bits per heavy atom. The molecule has 7 heteroatoms. The Balaban J connectivity index is 1.64. The summed E-state index contributed by atoms with van der Waals surface area (Å²) in [6.45, 7) is 1.41. The lowest BCUT2D eigenvalue weighted by atomic mass is 9.99. The first-order chi connectivity index (χ1) is 11.1. The van der Waals surface area contributed by atoms with E-state index in [1.165, 1.54) is 0 Å². The fourth-order valence-electron chi connectivity index (χ4n) is 3.79. The van der Waals surface area contributed by atoms with Gasteiger partial charge in [0.2, 0.25) is 5.91 Å². The number of nitriles is 1. The number of amides is 1. The first kappa shape index (κ1) is 14.0. The fourth-order valence-corrected chi connectivity index (χ4v) is 3.79. The fraction of sp³-hybridized carbons (Fsp3) is 0.500. The van der Waals surface area contributed by atoms with Crippen LogP contribution in [-0.4, -0.2) is 51.9 Å². The lowest BCUT2D eigenvalue weighted by Crippen LogP contribution is -2.40. The van der Waals surface area contributed by atoms with Gasteiger partial charge in [0.05, 0.1) is 17.5 Å². The van der Waals surface area contributed by atoms with Crippen molar-refractivity contribution in [2.45, 2.75) is 25.3 Å². The van der Waals surface area contributed by atoms with E-state index in [4.69, 9.17) is 5.26 Å². The average molecular weight is 310 g/mol. The van der Waals surface area contributed by atoms with Gasteiger partial charge in [0.1, 0.15) is 24.2 Å². The minimum atomic E-state index is -0.0656. The van der Waals surface area contributed by atoms with Gasteiger partial charge in [-0.3, -0.25) is 4.79 Å². The molecule has 0 aromatic carbocycles. The Kier molecular flexibility index (Phi) is 3.01. The van der Waals surface area contributed by atoms with Gasteiger partial charge in [-0.05, 0) is 18.9 Å². The van der Waals surface area contributed by atoms with Crippen LogP contribution in [0.3, 0.4) is 0 Å². The number of rotatable bonds is 3. The first-order valence-electron chi connectivity index (χ1n) is 7.80. The highest BCUT2D eigenvalue weighted by atomic mass is 16.2. The van der Waals surface area contributed by atoms with Gasteiger partial charge in [-0.2, -0.15) is 5.26 Å². The molecular formula is C16H18N6O. The highest BCUT2D eigenvalue weighted by molar-refractivity contribution is 5.87. The number of likely N-dealkylation sites (tertiary alicyclic amines) is 1. The number of aromatic amines is 1. The van der Waals surface area contributed by atoms with Gasteiger partial charge >= 0.3 is 0 Å². The molecule has 1 spiro atoms. The summed E-state index contributed by atoms with van der Waals surface area (Å²) >= 11 is 0.